The molecular formula is C14H16Cl3N3OS. The monoisotopic (exact) mass is 379 g/mol. The number of benzene rings is 1. The minimum atomic E-state index is -0.178. The molecule has 1 aromatic heterocycles. The van der Waals surface area contributed by atoms with Gasteiger partial charge >= 0.3 is 0 Å². The summed E-state index contributed by atoms with van der Waals surface area (Å²) < 4.78 is 0. The Labute approximate surface area is 149 Å². The van der Waals surface area contributed by atoms with Gasteiger partial charge in [0.2, 0.25) is 0 Å². The fourth-order valence-corrected chi connectivity index (χ4v) is 3.19. The normalized spacial score (nSPS) is 10.1. The van der Waals surface area contributed by atoms with Crippen molar-refractivity contribution in [3.8, 4) is 0 Å². The Morgan fingerprint density at radius 3 is 2.55 bits per heavy atom. The molecule has 0 atom stereocenters. The first-order chi connectivity index (χ1) is 10.1. The molecule has 0 unspecified atom stereocenters. The number of halogens is 3. The molecule has 0 aliphatic rings. The summed E-state index contributed by atoms with van der Waals surface area (Å²) in [5, 5.41) is 6.64. The summed E-state index contributed by atoms with van der Waals surface area (Å²) >= 11 is 13.3. The highest BCUT2D eigenvalue weighted by atomic mass is 35.5. The zero-order valence-electron chi connectivity index (χ0n) is 11.6. The van der Waals surface area contributed by atoms with Crippen LogP contribution in [0.1, 0.15) is 21.1 Å². The maximum absolute atomic E-state index is 11.9. The van der Waals surface area contributed by atoms with Crippen LogP contribution < -0.4 is 11.1 Å². The summed E-state index contributed by atoms with van der Waals surface area (Å²) in [5.74, 6) is -0.178. The van der Waals surface area contributed by atoms with Crippen LogP contribution in [0.4, 0.5) is 0 Å². The van der Waals surface area contributed by atoms with E-state index in [4.69, 9.17) is 28.9 Å². The van der Waals surface area contributed by atoms with Crippen molar-refractivity contribution < 1.29 is 4.79 Å². The number of hydrogen-bond acceptors (Lipinski definition) is 4. The minimum Gasteiger partial charge on any atom is -0.350 e. The number of thiazole rings is 1. The third-order valence-corrected chi connectivity index (χ3v) is 4.11. The van der Waals surface area contributed by atoms with Crippen molar-refractivity contribution in [2.24, 2.45) is 5.73 Å². The summed E-state index contributed by atoms with van der Waals surface area (Å²) in [5.41, 5.74) is 6.88. The summed E-state index contributed by atoms with van der Waals surface area (Å²) in [6, 6.07) is 5.35. The van der Waals surface area contributed by atoms with Gasteiger partial charge in [-0.25, -0.2) is 4.98 Å². The second-order valence-corrected chi connectivity index (χ2v) is 6.26. The number of aromatic nitrogens is 1. The molecule has 0 radical (unpaired) electrons. The van der Waals surface area contributed by atoms with Crippen molar-refractivity contribution in [2.75, 3.05) is 13.1 Å². The Morgan fingerprint density at radius 1 is 1.23 bits per heavy atom. The lowest BCUT2D eigenvalue weighted by Gasteiger charge is -2.05. The van der Waals surface area contributed by atoms with Gasteiger partial charge in [-0.05, 0) is 36.7 Å². The number of carbonyl (C=O) groups is 1. The Morgan fingerprint density at radius 2 is 1.91 bits per heavy atom. The predicted molar refractivity (Wildman–Crippen MR) is 94.6 cm³/mol. The Bertz CT molecular complexity index is 613. The predicted octanol–water partition coefficient (Wildman–Crippen LogP) is 3.35. The van der Waals surface area contributed by atoms with Gasteiger partial charge in [0.25, 0.3) is 5.91 Å². The average Bonchev–Trinajstić information content (AvgIpc) is 2.86. The molecule has 22 heavy (non-hydrogen) atoms. The van der Waals surface area contributed by atoms with Crippen LogP contribution in [0.5, 0.6) is 0 Å². The first-order valence-electron chi connectivity index (χ1n) is 6.46. The van der Waals surface area contributed by atoms with E-state index in [0.29, 0.717) is 41.7 Å². The molecule has 8 heteroatoms. The Balaban J connectivity index is 0.00000242. The molecule has 1 heterocycles. The minimum absolute atomic E-state index is 0. The van der Waals surface area contributed by atoms with Crippen LogP contribution in [0.2, 0.25) is 10.0 Å². The number of hydrogen-bond donors (Lipinski definition) is 2. The van der Waals surface area contributed by atoms with Crippen LogP contribution in [0.15, 0.2) is 23.6 Å². The lowest BCUT2D eigenvalue weighted by Crippen LogP contribution is -2.26. The molecule has 2 aromatic rings. The van der Waals surface area contributed by atoms with Crippen molar-refractivity contribution in [1.29, 1.82) is 0 Å². The molecule has 0 aliphatic heterocycles. The van der Waals surface area contributed by atoms with E-state index in [-0.39, 0.29) is 18.3 Å². The topological polar surface area (TPSA) is 68.0 Å². The van der Waals surface area contributed by atoms with Crippen LogP contribution >= 0.6 is 46.9 Å². The molecule has 0 saturated carbocycles. The quantitative estimate of drug-likeness (QED) is 0.807. The van der Waals surface area contributed by atoms with Crippen LogP contribution in [0, 0.1) is 0 Å². The summed E-state index contributed by atoms with van der Waals surface area (Å²) in [6.07, 6.45) is 1.35. The van der Waals surface area contributed by atoms with Crippen LogP contribution in [-0.4, -0.2) is 24.0 Å². The van der Waals surface area contributed by atoms with Gasteiger partial charge in [-0.3, -0.25) is 4.79 Å². The van der Waals surface area contributed by atoms with E-state index in [9.17, 15) is 4.79 Å². The van der Waals surface area contributed by atoms with Crippen molar-refractivity contribution >= 4 is 52.9 Å². The third-order valence-electron chi connectivity index (χ3n) is 2.76. The summed E-state index contributed by atoms with van der Waals surface area (Å²) in [4.78, 5) is 16.2. The first kappa shape index (κ1) is 19.2. The fraction of sp³-hybridized carbons (Fsp3) is 0.286. The lowest BCUT2D eigenvalue weighted by molar-refractivity contribution is 0.0949. The smallest absolute Gasteiger partial charge is 0.270 e. The molecule has 4 nitrogen and oxygen atoms in total. The fourth-order valence-electron chi connectivity index (χ4n) is 1.82. The molecule has 120 valence electrons. The Kier molecular flexibility index (Phi) is 8.14. The maximum atomic E-state index is 11.9. The number of rotatable bonds is 6. The van der Waals surface area contributed by atoms with E-state index in [1.165, 1.54) is 11.3 Å². The van der Waals surface area contributed by atoms with E-state index in [1.54, 1.807) is 11.4 Å². The number of nitrogens with zero attached hydrogens (tertiary/aromatic N) is 1. The van der Waals surface area contributed by atoms with Gasteiger partial charge in [0.15, 0.2) is 0 Å². The zero-order chi connectivity index (χ0) is 15.2. The molecule has 1 aromatic carbocycles. The van der Waals surface area contributed by atoms with Gasteiger partial charge in [-0.1, -0.05) is 23.2 Å². The van der Waals surface area contributed by atoms with E-state index in [2.05, 4.69) is 10.3 Å². The number of nitrogens with two attached hydrogens (primary N) is 1. The van der Waals surface area contributed by atoms with Crippen molar-refractivity contribution in [3.05, 3.63) is 49.9 Å². The molecule has 0 aliphatic carbocycles. The first-order valence-corrected chi connectivity index (χ1v) is 8.09. The van der Waals surface area contributed by atoms with Crippen molar-refractivity contribution in [3.63, 3.8) is 0 Å². The molecule has 0 spiro atoms. The molecule has 0 bridgehead atoms. The second kappa shape index (κ2) is 9.33. The highest BCUT2D eigenvalue weighted by Crippen LogP contribution is 2.19. The maximum Gasteiger partial charge on any atom is 0.270 e. The molecule has 0 saturated heterocycles. The van der Waals surface area contributed by atoms with Gasteiger partial charge < -0.3 is 11.1 Å². The van der Waals surface area contributed by atoms with E-state index in [0.717, 1.165) is 10.6 Å². The number of carbonyl (C=O) groups excluding carboxylic acids is 1. The zero-order valence-corrected chi connectivity index (χ0v) is 14.8. The van der Waals surface area contributed by atoms with Gasteiger partial charge in [0.1, 0.15) is 5.69 Å². The van der Waals surface area contributed by atoms with Gasteiger partial charge in [-0.2, -0.15) is 0 Å². The summed E-state index contributed by atoms with van der Waals surface area (Å²) in [6.45, 7) is 1.03. The highest BCUT2D eigenvalue weighted by Gasteiger charge is 2.10. The Hall–Kier alpha value is -0.850. The second-order valence-electron chi connectivity index (χ2n) is 4.45. The highest BCUT2D eigenvalue weighted by molar-refractivity contribution is 7.09. The summed E-state index contributed by atoms with van der Waals surface area (Å²) in [7, 11) is 0. The van der Waals surface area contributed by atoms with Crippen LogP contribution in [0.25, 0.3) is 0 Å². The van der Waals surface area contributed by atoms with Crippen LogP contribution in [0.3, 0.4) is 0 Å². The van der Waals surface area contributed by atoms with Crippen LogP contribution in [-0.2, 0) is 12.8 Å². The SMILES string of the molecule is Cl.NCCc1nc(C(=O)NCCc2cc(Cl)cc(Cl)c2)cs1. The van der Waals surface area contributed by atoms with Crippen molar-refractivity contribution in [2.45, 2.75) is 12.8 Å². The van der Waals surface area contributed by atoms with E-state index >= 15 is 0 Å². The number of nitrogens with one attached hydrogen (secondary N) is 1. The lowest BCUT2D eigenvalue weighted by atomic mass is 10.1. The van der Waals surface area contributed by atoms with Gasteiger partial charge in [0.05, 0.1) is 5.01 Å². The van der Waals surface area contributed by atoms with Gasteiger partial charge in [-0.15, -0.1) is 23.7 Å². The molecule has 2 rings (SSSR count). The molecule has 3 N–H and O–H groups in total. The standard InChI is InChI=1S/C14H15Cl2N3OS.ClH/c15-10-5-9(6-11(16)7-10)2-4-18-14(20)12-8-21-13(19-12)1-3-17;/h5-8H,1-4,17H2,(H,18,20);1H. The average molecular weight is 381 g/mol. The molecule has 1 amide bonds. The van der Waals surface area contributed by atoms with Gasteiger partial charge in [0, 0.05) is 28.4 Å². The molecule has 0 fully saturated rings. The number of amides is 1. The largest absolute Gasteiger partial charge is 0.350 e. The van der Waals surface area contributed by atoms with E-state index < -0.39 is 0 Å². The molecular weight excluding hydrogens is 365 g/mol. The third kappa shape index (κ3) is 5.74. The van der Waals surface area contributed by atoms with Crippen molar-refractivity contribution in [1.82, 2.24) is 10.3 Å². The van der Waals surface area contributed by atoms with E-state index in [1.807, 2.05) is 12.1 Å².